The minimum atomic E-state index is -0.469. The molecule has 0 unspecified atom stereocenters. The number of aryl methyl sites for hydroxylation is 1. The molecular weight excluding hydrogens is 344 g/mol. The number of anilines is 1. The van der Waals surface area contributed by atoms with E-state index in [0.29, 0.717) is 18.2 Å². The molecule has 1 aromatic heterocycles. The normalized spacial score (nSPS) is 10.4. The molecule has 0 aliphatic rings. The molecule has 24 heavy (non-hydrogen) atoms. The Bertz CT molecular complexity index is 683. The third-order valence-electron chi connectivity index (χ3n) is 3.07. The zero-order chi connectivity index (χ0) is 17.4. The number of esters is 1. The average Bonchev–Trinajstić information content (AvgIpc) is 3.02. The predicted molar refractivity (Wildman–Crippen MR) is 97.8 cm³/mol. The monoisotopic (exact) mass is 364 g/mol. The van der Waals surface area contributed by atoms with Crippen molar-refractivity contribution in [1.29, 1.82) is 0 Å². The number of rotatable bonds is 8. The van der Waals surface area contributed by atoms with Gasteiger partial charge in [0.15, 0.2) is 10.8 Å². The van der Waals surface area contributed by atoms with Crippen LogP contribution in [0.2, 0.25) is 0 Å². The van der Waals surface area contributed by atoms with Gasteiger partial charge >= 0.3 is 5.97 Å². The van der Waals surface area contributed by atoms with Crippen LogP contribution in [0, 0.1) is 6.92 Å². The molecule has 5 nitrogen and oxygen atoms in total. The maximum atomic E-state index is 11.9. The van der Waals surface area contributed by atoms with Crippen LogP contribution in [0.25, 0.3) is 0 Å². The fourth-order valence-corrected chi connectivity index (χ4v) is 3.42. The molecule has 1 N–H and O–H groups in total. The van der Waals surface area contributed by atoms with Crippen LogP contribution in [0.1, 0.15) is 35.8 Å². The van der Waals surface area contributed by atoms with Gasteiger partial charge in [-0.05, 0) is 38.2 Å². The molecule has 0 bridgehead atoms. The number of ether oxygens (including phenoxy) is 1. The van der Waals surface area contributed by atoms with E-state index in [0.717, 1.165) is 12.2 Å². The number of nitrogens with zero attached hydrogens (tertiary/aromatic N) is 1. The Morgan fingerprint density at radius 1 is 1.29 bits per heavy atom. The summed E-state index contributed by atoms with van der Waals surface area (Å²) in [5.74, 6) is 0.315. The smallest absolute Gasteiger partial charge is 0.357 e. The highest BCUT2D eigenvalue weighted by atomic mass is 32.2. The van der Waals surface area contributed by atoms with Crippen molar-refractivity contribution in [3.05, 3.63) is 40.9 Å². The first-order valence-corrected chi connectivity index (χ1v) is 9.57. The van der Waals surface area contributed by atoms with Crippen LogP contribution in [0.15, 0.2) is 34.5 Å². The summed E-state index contributed by atoms with van der Waals surface area (Å²) in [6, 6.07) is 8.34. The second kappa shape index (κ2) is 9.44. The topological polar surface area (TPSA) is 68.3 Å². The van der Waals surface area contributed by atoms with E-state index in [4.69, 9.17) is 4.74 Å². The van der Waals surface area contributed by atoms with Gasteiger partial charge in [-0.15, -0.1) is 23.1 Å². The molecule has 0 fully saturated rings. The molecule has 1 heterocycles. The largest absolute Gasteiger partial charge is 0.461 e. The molecule has 7 heteroatoms. The van der Waals surface area contributed by atoms with E-state index < -0.39 is 5.97 Å². The zero-order valence-corrected chi connectivity index (χ0v) is 15.3. The number of amides is 1. The first-order chi connectivity index (χ1) is 11.6. The summed E-state index contributed by atoms with van der Waals surface area (Å²) in [4.78, 5) is 28.7. The summed E-state index contributed by atoms with van der Waals surface area (Å²) in [5, 5.41) is 4.73. The van der Waals surface area contributed by atoms with Crippen LogP contribution >= 0.6 is 23.1 Å². The molecule has 0 aliphatic heterocycles. The van der Waals surface area contributed by atoms with Crippen LogP contribution in [-0.2, 0) is 9.53 Å². The van der Waals surface area contributed by atoms with Crippen molar-refractivity contribution in [3.63, 3.8) is 0 Å². The van der Waals surface area contributed by atoms with E-state index in [-0.39, 0.29) is 11.6 Å². The molecule has 1 amide bonds. The van der Waals surface area contributed by atoms with E-state index in [1.165, 1.54) is 21.8 Å². The van der Waals surface area contributed by atoms with Crippen LogP contribution in [0.3, 0.4) is 0 Å². The Hall–Kier alpha value is -1.86. The Kier molecular flexibility index (Phi) is 7.27. The highest BCUT2D eigenvalue weighted by molar-refractivity contribution is 7.99. The zero-order valence-electron chi connectivity index (χ0n) is 13.7. The first-order valence-electron chi connectivity index (χ1n) is 7.70. The van der Waals surface area contributed by atoms with Gasteiger partial charge in [-0.3, -0.25) is 4.79 Å². The molecule has 2 rings (SSSR count). The van der Waals surface area contributed by atoms with E-state index in [2.05, 4.69) is 41.5 Å². The Morgan fingerprint density at radius 2 is 2.04 bits per heavy atom. The molecular formula is C17H20N2O3S2. The predicted octanol–water partition coefficient (Wildman–Crippen LogP) is 4.14. The number of hydrogen-bond donors (Lipinski definition) is 1. The Labute approximate surface area is 149 Å². The van der Waals surface area contributed by atoms with Crippen molar-refractivity contribution in [3.8, 4) is 0 Å². The van der Waals surface area contributed by atoms with Gasteiger partial charge in [0.05, 0.1) is 6.61 Å². The summed E-state index contributed by atoms with van der Waals surface area (Å²) < 4.78 is 4.86. The van der Waals surface area contributed by atoms with Crippen LogP contribution in [0.4, 0.5) is 5.13 Å². The van der Waals surface area contributed by atoms with Crippen LogP contribution in [0.5, 0.6) is 0 Å². The van der Waals surface area contributed by atoms with E-state index >= 15 is 0 Å². The standard InChI is InChI=1S/C17H20N2O3S2/c1-3-22-16(21)14-11-24-17(18-14)19-15(20)5-4-10-23-13-8-6-12(2)7-9-13/h6-9,11H,3-5,10H2,1-2H3,(H,18,19,20). The molecule has 0 saturated carbocycles. The second-order valence-electron chi connectivity index (χ2n) is 5.07. The fourth-order valence-electron chi connectivity index (χ4n) is 1.87. The quantitative estimate of drug-likeness (QED) is 0.433. The van der Waals surface area contributed by atoms with Crippen molar-refractivity contribution in [1.82, 2.24) is 4.98 Å². The summed E-state index contributed by atoms with van der Waals surface area (Å²) in [6.07, 6.45) is 1.20. The van der Waals surface area contributed by atoms with Crippen molar-refractivity contribution < 1.29 is 14.3 Å². The van der Waals surface area contributed by atoms with Crippen molar-refractivity contribution in [2.45, 2.75) is 31.6 Å². The number of carbonyl (C=O) groups excluding carboxylic acids is 2. The molecule has 0 aliphatic carbocycles. The van der Waals surface area contributed by atoms with Gasteiger partial charge in [0.25, 0.3) is 0 Å². The highest BCUT2D eigenvalue weighted by Gasteiger charge is 2.13. The summed E-state index contributed by atoms with van der Waals surface area (Å²) in [7, 11) is 0. The minimum Gasteiger partial charge on any atom is -0.461 e. The van der Waals surface area contributed by atoms with Gasteiger partial charge < -0.3 is 10.1 Å². The molecule has 0 atom stereocenters. The summed E-state index contributed by atoms with van der Waals surface area (Å²) in [5.41, 5.74) is 1.47. The molecule has 0 spiro atoms. The lowest BCUT2D eigenvalue weighted by Crippen LogP contribution is -2.12. The molecule has 2 aromatic rings. The lowest BCUT2D eigenvalue weighted by atomic mass is 10.2. The third kappa shape index (κ3) is 5.98. The number of hydrogen-bond acceptors (Lipinski definition) is 6. The third-order valence-corrected chi connectivity index (χ3v) is 4.93. The maximum absolute atomic E-state index is 11.9. The second-order valence-corrected chi connectivity index (χ2v) is 7.10. The average molecular weight is 364 g/mol. The van der Waals surface area contributed by atoms with E-state index in [1.54, 1.807) is 24.1 Å². The molecule has 128 valence electrons. The van der Waals surface area contributed by atoms with Gasteiger partial charge in [0.2, 0.25) is 5.91 Å². The van der Waals surface area contributed by atoms with Gasteiger partial charge in [0, 0.05) is 16.7 Å². The fraction of sp³-hybridized carbons (Fsp3) is 0.353. The van der Waals surface area contributed by atoms with Gasteiger partial charge in [-0.1, -0.05) is 17.7 Å². The van der Waals surface area contributed by atoms with E-state index in [9.17, 15) is 9.59 Å². The van der Waals surface area contributed by atoms with Gasteiger partial charge in [-0.2, -0.15) is 0 Å². The summed E-state index contributed by atoms with van der Waals surface area (Å²) in [6.45, 7) is 4.10. The number of benzene rings is 1. The number of nitrogens with one attached hydrogen (secondary N) is 1. The number of carbonyl (C=O) groups is 2. The maximum Gasteiger partial charge on any atom is 0.357 e. The lowest BCUT2D eigenvalue weighted by Gasteiger charge is -2.03. The first kappa shape index (κ1) is 18.5. The van der Waals surface area contributed by atoms with Crippen molar-refractivity contribution in [2.24, 2.45) is 0 Å². The lowest BCUT2D eigenvalue weighted by molar-refractivity contribution is -0.116. The van der Waals surface area contributed by atoms with E-state index in [1.807, 2.05) is 0 Å². The molecule has 0 radical (unpaired) electrons. The molecule has 1 aromatic carbocycles. The Balaban J connectivity index is 1.69. The van der Waals surface area contributed by atoms with Crippen molar-refractivity contribution in [2.75, 3.05) is 17.7 Å². The Morgan fingerprint density at radius 3 is 2.75 bits per heavy atom. The summed E-state index contributed by atoms with van der Waals surface area (Å²) >= 11 is 2.96. The van der Waals surface area contributed by atoms with Crippen molar-refractivity contribution >= 4 is 40.1 Å². The SMILES string of the molecule is CCOC(=O)c1csc(NC(=O)CCCSc2ccc(C)cc2)n1. The van der Waals surface area contributed by atoms with Crippen LogP contribution < -0.4 is 5.32 Å². The highest BCUT2D eigenvalue weighted by Crippen LogP contribution is 2.20. The minimum absolute atomic E-state index is 0.0933. The van der Waals surface area contributed by atoms with Crippen LogP contribution in [-0.4, -0.2) is 29.2 Å². The number of aromatic nitrogens is 1. The molecule has 0 saturated heterocycles. The van der Waals surface area contributed by atoms with Gasteiger partial charge in [0.1, 0.15) is 0 Å². The van der Waals surface area contributed by atoms with Gasteiger partial charge in [-0.25, -0.2) is 9.78 Å². The number of thiazole rings is 1. The number of thioether (sulfide) groups is 1.